The average molecular weight is 349 g/mol. The average Bonchev–Trinajstić information content (AvgIpc) is 2.33. The van der Waals surface area contributed by atoms with Gasteiger partial charge in [0.25, 0.3) is 0 Å². The molecule has 0 saturated heterocycles. The van der Waals surface area contributed by atoms with Crippen molar-refractivity contribution in [2.75, 3.05) is 0 Å². The van der Waals surface area contributed by atoms with Gasteiger partial charge in [0.1, 0.15) is 0 Å². The molecular formula is C22H36O3. The van der Waals surface area contributed by atoms with Crippen LogP contribution in [0.3, 0.4) is 0 Å². The van der Waals surface area contributed by atoms with Crippen molar-refractivity contribution in [1.82, 2.24) is 0 Å². The van der Waals surface area contributed by atoms with Gasteiger partial charge in [-0.05, 0) is 16.4 Å². The molecule has 1 aliphatic carbocycles. The fourth-order valence-corrected chi connectivity index (χ4v) is 4.23. The molecule has 0 aliphatic heterocycles. The Morgan fingerprint density at radius 3 is 1.48 bits per heavy atom. The molecule has 0 aromatic heterocycles. The Hall–Kier alpha value is -1.61. The number of carbonyl (C=O) groups is 1. The molecule has 1 fully saturated rings. The molecule has 3 nitrogen and oxygen atoms in total. The maximum Gasteiger partial charge on any atom is 0.336 e. The predicted molar refractivity (Wildman–Crippen MR) is 106 cm³/mol. The second-order valence-electron chi connectivity index (χ2n) is 9.07. The smallest absolute Gasteiger partial charge is 0.336 e. The first kappa shape index (κ1) is 23.4. The van der Waals surface area contributed by atoms with Crippen LogP contribution in [-0.4, -0.2) is 22.3 Å². The van der Waals surface area contributed by atoms with Crippen molar-refractivity contribution in [3.8, 4) is 0 Å². The van der Waals surface area contributed by atoms with E-state index in [-0.39, 0.29) is 35.7 Å². The Bertz CT molecular complexity index is 560. The number of carboxylic acids is 1. The molecule has 3 unspecified atom stereocenters. The maximum absolute atomic E-state index is 11.2. The van der Waals surface area contributed by atoms with Crippen LogP contribution < -0.4 is 0 Å². The highest BCUT2D eigenvalue weighted by Gasteiger charge is 2.48. The van der Waals surface area contributed by atoms with Crippen LogP contribution in [0.2, 0.25) is 0 Å². The summed E-state index contributed by atoms with van der Waals surface area (Å²) >= 11 is 0. The van der Waals surface area contributed by atoms with Gasteiger partial charge in [-0.1, -0.05) is 92.0 Å². The van der Waals surface area contributed by atoms with Crippen LogP contribution in [0.4, 0.5) is 0 Å². The Morgan fingerprint density at radius 1 is 0.920 bits per heavy atom. The molecule has 25 heavy (non-hydrogen) atoms. The Kier molecular flexibility index (Phi) is 6.86. The summed E-state index contributed by atoms with van der Waals surface area (Å²) in [5.41, 5.74) is 2.69. The van der Waals surface area contributed by atoms with Crippen molar-refractivity contribution in [1.29, 1.82) is 0 Å². The molecule has 1 rings (SSSR count). The summed E-state index contributed by atoms with van der Waals surface area (Å²) in [7, 11) is 0. The molecule has 142 valence electrons. The van der Waals surface area contributed by atoms with E-state index in [1.165, 1.54) is 0 Å². The molecule has 0 spiro atoms. The Labute approximate surface area is 153 Å². The van der Waals surface area contributed by atoms with Crippen LogP contribution in [0, 0.1) is 28.6 Å². The minimum Gasteiger partial charge on any atom is -0.479 e. The molecule has 0 bridgehead atoms. The SMILES string of the molecule is C.C=C(C(O)C(=O)O)C1C(=C)C(C(C)(C)C)C(=C)C(C(C)(C)C)C1=C. The zero-order chi connectivity index (χ0) is 19.2. The predicted octanol–water partition coefficient (Wildman–Crippen LogP) is 5.25. The minimum atomic E-state index is -1.63. The lowest BCUT2D eigenvalue weighted by Crippen LogP contribution is -2.43. The lowest BCUT2D eigenvalue weighted by molar-refractivity contribution is -0.144. The second kappa shape index (κ2) is 7.33. The van der Waals surface area contributed by atoms with Crippen LogP contribution in [0.25, 0.3) is 0 Å². The molecule has 1 saturated carbocycles. The van der Waals surface area contributed by atoms with Gasteiger partial charge < -0.3 is 10.2 Å². The van der Waals surface area contributed by atoms with E-state index < -0.39 is 18.0 Å². The van der Waals surface area contributed by atoms with Gasteiger partial charge in [-0.3, -0.25) is 0 Å². The van der Waals surface area contributed by atoms with E-state index in [0.717, 1.165) is 16.7 Å². The molecule has 1 aliphatic rings. The van der Waals surface area contributed by atoms with E-state index >= 15 is 0 Å². The van der Waals surface area contributed by atoms with Gasteiger partial charge >= 0.3 is 5.97 Å². The third kappa shape index (κ3) is 4.33. The fourth-order valence-electron chi connectivity index (χ4n) is 4.23. The fraction of sp³-hybridized carbons (Fsp3) is 0.591. The minimum absolute atomic E-state index is 0. The number of rotatable bonds is 3. The van der Waals surface area contributed by atoms with Gasteiger partial charge in [0.05, 0.1) is 0 Å². The van der Waals surface area contributed by atoms with Crippen molar-refractivity contribution in [3.63, 3.8) is 0 Å². The Balaban J connectivity index is 0.00000576. The van der Waals surface area contributed by atoms with Gasteiger partial charge in [-0.2, -0.15) is 0 Å². The summed E-state index contributed by atoms with van der Waals surface area (Å²) in [6, 6.07) is 0. The van der Waals surface area contributed by atoms with Crippen LogP contribution in [0.5, 0.6) is 0 Å². The molecule has 0 heterocycles. The van der Waals surface area contributed by atoms with Crippen molar-refractivity contribution < 1.29 is 15.0 Å². The zero-order valence-corrected chi connectivity index (χ0v) is 15.9. The van der Waals surface area contributed by atoms with Crippen LogP contribution in [0.15, 0.2) is 48.6 Å². The first-order chi connectivity index (χ1) is 10.6. The monoisotopic (exact) mass is 348 g/mol. The third-order valence-corrected chi connectivity index (χ3v) is 4.91. The molecule has 0 amide bonds. The molecule has 3 atom stereocenters. The molecule has 0 aromatic carbocycles. The molecule has 0 radical (unpaired) electrons. The first-order valence-electron chi connectivity index (χ1n) is 8.28. The van der Waals surface area contributed by atoms with E-state index in [1.54, 1.807) is 0 Å². The number of allylic oxidation sites excluding steroid dienone is 3. The lowest BCUT2D eigenvalue weighted by Gasteiger charge is -2.51. The number of aliphatic carboxylic acids is 1. The van der Waals surface area contributed by atoms with Gasteiger partial charge in [0, 0.05) is 17.8 Å². The standard InChI is InChI=1S/C21H32O3.CH4/c1-11-15(13(3)18(22)19(23)24)12(2)17(21(8,9)10)14(4)16(11)20(5,6)7;/h15-18,22H,1-4H2,5-10H3,(H,23,24);1H4. The van der Waals surface area contributed by atoms with E-state index in [2.05, 4.69) is 67.9 Å². The Morgan fingerprint density at radius 2 is 1.24 bits per heavy atom. The van der Waals surface area contributed by atoms with Gasteiger partial charge in [-0.15, -0.1) is 0 Å². The number of carboxylic acid groups (broad SMARTS) is 1. The van der Waals surface area contributed by atoms with Crippen molar-refractivity contribution in [3.05, 3.63) is 48.6 Å². The number of hydrogen-bond donors (Lipinski definition) is 2. The van der Waals surface area contributed by atoms with Gasteiger partial charge in [0.15, 0.2) is 6.10 Å². The molecule has 0 aromatic rings. The van der Waals surface area contributed by atoms with Crippen molar-refractivity contribution in [2.45, 2.75) is 55.1 Å². The topological polar surface area (TPSA) is 57.5 Å². The summed E-state index contributed by atoms with van der Waals surface area (Å²) in [5, 5.41) is 19.2. The van der Waals surface area contributed by atoms with Crippen LogP contribution in [0.1, 0.15) is 49.0 Å². The third-order valence-electron chi connectivity index (χ3n) is 4.91. The van der Waals surface area contributed by atoms with E-state index in [0.29, 0.717) is 0 Å². The van der Waals surface area contributed by atoms with Crippen LogP contribution >= 0.6 is 0 Å². The summed E-state index contributed by atoms with van der Waals surface area (Å²) in [6.45, 7) is 29.4. The highest BCUT2D eigenvalue weighted by molar-refractivity contribution is 5.76. The van der Waals surface area contributed by atoms with Gasteiger partial charge in [-0.25, -0.2) is 4.79 Å². The summed E-state index contributed by atoms with van der Waals surface area (Å²) in [5.74, 6) is -1.75. The molecule has 3 heteroatoms. The largest absolute Gasteiger partial charge is 0.479 e. The maximum atomic E-state index is 11.2. The number of hydrogen-bond acceptors (Lipinski definition) is 2. The zero-order valence-electron chi connectivity index (χ0n) is 15.9. The van der Waals surface area contributed by atoms with E-state index in [1.807, 2.05) is 0 Å². The van der Waals surface area contributed by atoms with Crippen molar-refractivity contribution in [2.24, 2.45) is 28.6 Å². The summed E-state index contributed by atoms with van der Waals surface area (Å²) in [6.07, 6.45) is -1.63. The van der Waals surface area contributed by atoms with Crippen LogP contribution in [-0.2, 0) is 4.79 Å². The summed E-state index contributed by atoms with van der Waals surface area (Å²) in [4.78, 5) is 11.2. The number of aliphatic hydroxyl groups excluding tert-OH is 1. The molecule has 2 N–H and O–H groups in total. The normalized spacial score (nSPS) is 26.0. The highest BCUT2D eigenvalue weighted by Crippen LogP contribution is 2.56. The first-order valence-corrected chi connectivity index (χ1v) is 8.28. The molecular weight excluding hydrogens is 312 g/mol. The summed E-state index contributed by atoms with van der Waals surface area (Å²) < 4.78 is 0. The quantitative estimate of drug-likeness (QED) is 0.685. The van der Waals surface area contributed by atoms with E-state index in [9.17, 15) is 15.0 Å². The van der Waals surface area contributed by atoms with Gasteiger partial charge in [0.2, 0.25) is 0 Å². The highest BCUT2D eigenvalue weighted by atomic mass is 16.4. The lowest BCUT2D eigenvalue weighted by atomic mass is 9.53. The number of aliphatic hydroxyl groups is 1. The van der Waals surface area contributed by atoms with E-state index in [4.69, 9.17) is 0 Å². The van der Waals surface area contributed by atoms with Crippen molar-refractivity contribution >= 4 is 5.97 Å². The second-order valence-corrected chi connectivity index (χ2v) is 9.07.